The molecule has 1 saturated carbocycles. The van der Waals surface area contributed by atoms with Gasteiger partial charge in [-0.05, 0) is 59.7 Å². The molecule has 2 aromatic carbocycles. The summed E-state index contributed by atoms with van der Waals surface area (Å²) >= 11 is 0. The number of rotatable bonds is 6. The van der Waals surface area contributed by atoms with Crippen LogP contribution in [0, 0.1) is 5.82 Å². The van der Waals surface area contributed by atoms with Gasteiger partial charge in [-0.25, -0.2) is 4.39 Å². The van der Waals surface area contributed by atoms with Gasteiger partial charge in [0.05, 0.1) is 24.1 Å². The van der Waals surface area contributed by atoms with Gasteiger partial charge < -0.3 is 15.3 Å². The smallest absolute Gasteiger partial charge is 0.305 e. The zero-order valence-corrected chi connectivity index (χ0v) is 17.0. The lowest BCUT2D eigenvalue weighted by atomic mass is 9.73. The number of hydrogen-bond donors (Lipinski definition) is 3. The van der Waals surface area contributed by atoms with Crippen LogP contribution in [0.1, 0.15) is 54.3 Å². The van der Waals surface area contributed by atoms with E-state index in [0.29, 0.717) is 17.9 Å². The van der Waals surface area contributed by atoms with Crippen LogP contribution >= 0.6 is 0 Å². The van der Waals surface area contributed by atoms with Crippen molar-refractivity contribution >= 4 is 16.9 Å². The molecule has 2 aliphatic carbocycles. The highest BCUT2D eigenvalue weighted by molar-refractivity contribution is 5.98. The molecule has 3 atom stereocenters. The van der Waals surface area contributed by atoms with E-state index in [4.69, 9.17) is 10.1 Å². The largest absolute Gasteiger partial charge is 0.481 e. The lowest BCUT2D eigenvalue weighted by Crippen LogP contribution is -2.30. The monoisotopic (exact) mass is 421 g/mol. The van der Waals surface area contributed by atoms with Gasteiger partial charge in [0.25, 0.3) is 0 Å². The standard InChI is InChI=1S/C25H24FNO4/c26-14-7-8-16-18(9-14)19(22(29)10-15(28)11-23(30)31)12-20-24(16)17-3-1-2-4-21(17)27-25(20)13-5-6-13/h1-4,7-9,13,15,19,22,28-29H,5-6,10-12H2,(H,30,31)/t15-,19-,22+/m1/s1. The molecule has 3 N–H and O–H groups in total. The van der Waals surface area contributed by atoms with E-state index in [0.717, 1.165) is 46.1 Å². The second kappa shape index (κ2) is 7.70. The highest BCUT2D eigenvalue weighted by atomic mass is 19.1. The number of aliphatic hydroxyl groups excluding tert-OH is 2. The Kier molecular flexibility index (Phi) is 4.99. The fourth-order valence-electron chi connectivity index (χ4n) is 4.95. The molecule has 5 nitrogen and oxygen atoms in total. The first-order valence-corrected chi connectivity index (χ1v) is 10.7. The second-order valence-corrected chi connectivity index (χ2v) is 8.74. The van der Waals surface area contributed by atoms with Crippen LogP contribution < -0.4 is 0 Å². The molecule has 31 heavy (non-hydrogen) atoms. The molecule has 3 aromatic rings. The lowest BCUT2D eigenvalue weighted by molar-refractivity contribution is -0.139. The van der Waals surface area contributed by atoms with Crippen molar-refractivity contribution in [2.24, 2.45) is 0 Å². The predicted octanol–water partition coefficient (Wildman–Crippen LogP) is 4.14. The molecule has 1 heterocycles. The number of aliphatic hydroxyl groups is 2. The Labute approximate surface area is 179 Å². The summed E-state index contributed by atoms with van der Waals surface area (Å²) in [6.07, 6.45) is -0.0314. The molecule has 0 saturated heterocycles. The number of carbonyl (C=O) groups is 1. The zero-order valence-electron chi connectivity index (χ0n) is 17.0. The van der Waals surface area contributed by atoms with Crippen LogP contribution in [0.15, 0.2) is 42.5 Å². The SMILES string of the molecule is O=C(O)C[C@H](O)C[C@H](O)[C@@H]1Cc2c(C3CC3)nc3ccccc3c2-c2ccc(F)cc21. The van der Waals surface area contributed by atoms with E-state index >= 15 is 0 Å². The van der Waals surface area contributed by atoms with Crippen LogP contribution in [-0.2, 0) is 11.2 Å². The molecule has 1 fully saturated rings. The Bertz CT molecular complexity index is 1170. The minimum Gasteiger partial charge on any atom is -0.481 e. The number of carboxylic acids is 1. The van der Waals surface area contributed by atoms with Crippen molar-refractivity contribution in [1.29, 1.82) is 0 Å². The summed E-state index contributed by atoms with van der Waals surface area (Å²) in [5.41, 5.74) is 5.66. The van der Waals surface area contributed by atoms with Gasteiger partial charge in [0, 0.05) is 29.3 Å². The number of para-hydroxylation sites is 1. The average molecular weight is 421 g/mol. The number of halogens is 1. The molecule has 1 aromatic heterocycles. The van der Waals surface area contributed by atoms with Gasteiger partial charge >= 0.3 is 5.97 Å². The van der Waals surface area contributed by atoms with Gasteiger partial charge in [0.1, 0.15) is 5.82 Å². The third kappa shape index (κ3) is 3.70. The van der Waals surface area contributed by atoms with E-state index < -0.39 is 30.5 Å². The van der Waals surface area contributed by atoms with Crippen LogP contribution in [0.4, 0.5) is 4.39 Å². The Morgan fingerprint density at radius 2 is 1.94 bits per heavy atom. The van der Waals surface area contributed by atoms with Crippen LogP contribution in [0.25, 0.3) is 22.0 Å². The van der Waals surface area contributed by atoms with Crippen LogP contribution in [-0.4, -0.2) is 38.5 Å². The molecule has 6 heteroatoms. The van der Waals surface area contributed by atoms with Crippen molar-refractivity contribution in [2.45, 2.75) is 56.1 Å². The quantitative estimate of drug-likeness (QED) is 0.556. The Morgan fingerprint density at radius 3 is 2.68 bits per heavy atom. The minimum absolute atomic E-state index is 0.0813. The van der Waals surface area contributed by atoms with Crippen LogP contribution in [0.2, 0.25) is 0 Å². The van der Waals surface area contributed by atoms with Crippen molar-refractivity contribution in [1.82, 2.24) is 4.98 Å². The van der Waals surface area contributed by atoms with Crippen molar-refractivity contribution in [3.63, 3.8) is 0 Å². The normalized spacial score (nSPS) is 19.5. The lowest BCUT2D eigenvalue weighted by Gasteiger charge is -2.33. The van der Waals surface area contributed by atoms with Crippen molar-refractivity contribution in [3.8, 4) is 11.1 Å². The van der Waals surface area contributed by atoms with E-state index in [1.54, 1.807) is 6.07 Å². The molecular weight excluding hydrogens is 397 g/mol. The van der Waals surface area contributed by atoms with Gasteiger partial charge in [0.15, 0.2) is 0 Å². The fraction of sp³-hybridized carbons (Fsp3) is 0.360. The number of benzene rings is 2. The molecule has 5 rings (SSSR count). The van der Waals surface area contributed by atoms with E-state index in [1.165, 1.54) is 12.1 Å². The number of carboxylic acid groups (broad SMARTS) is 1. The predicted molar refractivity (Wildman–Crippen MR) is 114 cm³/mol. The summed E-state index contributed by atoms with van der Waals surface area (Å²) in [6.45, 7) is 0. The summed E-state index contributed by atoms with van der Waals surface area (Å²) in [5.74, 6) is -1.55. The van der Waals surface area contributed by atoms with Crippen LogP contribution in [0.5, 0.6) is 0 Å². The van der Waals surface area contributed by atoms with Crippen LogP contribution in [0.3, 0.4) is 0 Å². The van der Waals surface area contributed by atoms with Crippen molar-refractivity contribution in [2.75, 3.05) is 0 Å². The zero-order chi connectivity index (χ0) is 21.7. The fourth-order valence-corrected chi connectivity index (χ4v) is 4.95. The van der Waals surface area contributed by atoms with E-state index in [-0.39, 0.29) is 12.2 Å². The maximum absolute atomic E-state index is 14.3. The average Bonchev–Trinajstić information content (AvgIpc) is 3.56. The van der Waals surface area contributed by atoms with Gasteiger partial charge in [-0.15, -0.1) is 0 Å². The molecule has 0 radical (unpaired) electrons. The Morgan fingerprint density at radius 1 is 1.16 bits per heavy atom. The third-order valence-electron chi connectivity index (χ3n) is 6.48. The van der Waals surface area contributed by atoms with Gasteiger partial charge in [-0.1, -0.05) is 24.3 Å². The van der Waals surface area contributed by atoms with E-state index in [9.17, 15) is 19.4 Å². The molecule has 0 aliphatic heterocycles. The Balaban J connectivity index is 1.65. The van der Waals surface area contributed by atoms with Crippen molar-refractivity contribution < 1.29 is 24.5 Å². The number of aromatic nitrogens is 1. The number of hydrogen-bond acceptors (Lipinski definition) is 4. The molecule has 0 bridgehead atoms. The summed E-state index contributed by atoms with van der Waals surface area (Å²) in [7, 11) is 0. The molecule has 2 aliphatic rings. The summed E-state index contributed by atoms with van der Waals surface area (Å²) in [5, 5.41) is 31.0. The first kappa shape index (κ1) is 20.1. The second-order valence-electron chi connectivity index (χ2n) is 8.74. The highest BCUT2D eigenvalue weighted by Crippen LogP contribution is 2.50. The minimum atomic E-state index is -1.16. The number of nitrogens with zero attached hydrogens (tertiary/aromatic N) is 1. The molecule has 0 spiro atoms. The molecular formula is C25H24FNO4. The van der Waals surface area contributed by atoms with Gasteiger partial charge in [-0.2, -0.15) is 0 Å². The highest BCUT2D eigenvalue weighted by Gasteiger charge is 2.37. The first-order chi connectivity index (χ1) is 14.9. The number of aliphatic carboxylic acids is 1. The summed E-state index contributed by atoms with van der Waals surface area (Å²) < 4.78 is 14.3. The maximum Gasteiger partial charge on any atom is 0.305 e. The van der Waals surface area contributed by atoms with E-state index in [1.807, 2.05) is 24.3 Å². The third-order valence-corrected chi connectivity index (χ3v) is 6.48. The maximum atomic E-state index is 14.3. The van der Waals surface area contributed by atoms with Crippen molar-refractivity contribution in [3.05, 3.63) is 65.1 Å². The topological polar surface area (TPSA) is 90.7 Å². The van der Waals surface area contributed by atoms with E-state index in [2.05, 4.69) is 0 Å². The number of fused-ring (bicyclic) bond motifs is 5. The molecule has 0 unspecified atom stereocenters. The first-order valence-electron chi connectivity index (χ1n) is 10.7. The summed E-state index contributed by atoms with van der Waals surface area (Å²) in [4.78, 5) is 15.9. The number of pyridine rings is 1. The van der Waals surface area contributed by atoms with Gasteiger partial charge in [0.2, 0.25) is 0 Å². The molecule has 160 valence electrons. The summed E-state index contributed by atoms with van der Waals surface area (Å²) in [6, 6.07) is 12.6. The van der Waals surface area contributed by atoms with Gasteiger partial charge in [-0.3, -0.25) is 9.78 Å². The molecule has 0 amide bonds. The Hall–Kier alpha value is -2.83.